The van der Waals surface area contributed by atoms with Gasteiger partial charge in [-0.05, 0) is 57.1 Å². The third kappa shape index (κ3) is 3.37. The van der Waals surface area contributed by atoms with Gasteiger partial charge in [0.05, 0.1) is 0 Å². The molecule has 0 aliphatic carbocycles. The molecule has 0 radical (unpaired) electrons. The number of rotatable bonds is 3. The largest absolute Gasteiger partial charge is 0.364 e. The molecule has 0 saturated carbocycles. The van der Waals surface area contributed by atoms with Crippen molar-refractivity contribution >= 4 is 28.2 Å². The molecule has 1 unspecified atom stereocenters. The average Bonchev–Trinajstić information content (AvgIpc) is 2.63. The highest BCUT2D eigenvalue weighted by molar-refractivity contribution is 6.30. The number of aryl methyl sites for hydroxylation is 1. The fraction of sp³-hybridized carbons (Fsp3) is 0.350. The maximum absolute atomic E-state index is 6.11. The van der Waals surface area contributed by atoms with Gasteiger partial charge >= 0.3 is 0 Å². The summed E-state index contributed by atoms with van der Waals surface area (Å²) in [6, 6.07) is 8.24. The van der Waals surface area contributed by atoms with E-state index in [2.05, 4.69) is 32.4 Å². The number of aromatic nitrogens is 3. The van der Waals surface area contributed by atoms with E-state index in [1.807, 2.05) is 37.4 Å². The molecule has 5 nitrogen and oxygen atoms in total. The standard InChI is InChI=1S/C20H22ClN5/c1-13-10-14(21)5-6-16(13)19-17-7-8-22-11-18(17)20(25-24-19)23-15-4-3-9-26(2)12-15/h5-8,10-11,15H,3-4,9,12H2,1-2H3,(H,23,25). The van der Waals surface area contributed by atoms with Crippen LogP contribution in [0.3, 0.4) is 0 Å². The first-order chi connectivity index (χ1) is 12.6. The molecule has 1 fully saturated rings. The number of anilines is 1. The Hall–Kier alpha value is -2.24. The second kappa shape index (κ2) is 7.17. The van der Waals surface area contributed by atoms with Gasteiger partial charge in [-0.25, -0.2) is 0 Å². The van der Waals surface area contributed by atoms with Crippen LogP contribution >= 0.6 is 11.6 Å². The Kier molecular flexibility index (Phi) is 4.74. The molecule has 6 heteroatoms. The summed E-state index contributed by atoms with van der Waals surface area (Å²) in [6.45, 7) is 4.21. The van der Waals surface area contributed by atoms with Crippen molar-refractivity contribution in [3.8, 4) is 11.3 Å². The zero-order valence-corrected chi connectivity index (χ0v) is 15.8. The van der Waals surface area contributed by atoms with Gasteiger partial charge < -0.3 is 10.2 Å². The van der Waals surface area contributed by atoms with E-state index >= 15 is 0 Å². The Morgan fingerprint density at radius 1 is 1.19 bits per heavy atom. The van der Waals surface area contributed by atoms with E-state index in [4.69, 9.17) is 11.6 Å². The van der Waals surface area contributed by atoms with Crippen LogP contribution in [-0.4, -0.2) is 46.3 Å². The number of piperidine rings is 1. The maximum atomic E-state index is 6.11. The topological polar surface area (TPSA) is 53.9 Å². The van der Waals surface area contributed by atoms with Crippen LogP contribution in [0.5, 0.6) is 0 Å². The molecule has 26 heavy (non-hydrogen) atoms. The van der Waals surface area contributed by atoms with Crippen LogP contribution in [0.25, 0.3) is 22.0 Å². The van der Waals surface area contributed by atoms with E-state index < -0.39 is 0 Å². The fourth-order valence-electron chi connectivity index (χ4n) is 3.67. The van der Waals surface area contributed by atoms with Crippen LogP contribution in [0.1, 0.15) is 18.4 Å². The van der Waals surface area contributed by atoms with Crippen molar-refractivity contribution in [1.82, 2.24) is 20.1 Å². The lowest BCUT2D eigenvalue weighted by Crippen LogP contribution is -2.40. The Labute approximate surface area is 158 Å². The summed E-state index contributed by atoms with van der Waals surface area (Å²) >= 11 is 6.11. The number of nitrogens with zero attached hydrogens (tertiary/aromatic N) is 4. The van der Waals surface area contributed by atoms with Gasteiger partial charge in [-0.1, -0.05) is 17.7 Å². The van der Waals surface area contributed by atoms with Gasteiger partial charge in [-0.15, -0.1) is 10.2 Å². The third-order valence-corrected chi connectivity index (χ3v) is 5.23. The van der Waals surface area contributed by atoms with Crippen molar-refractivity contribution in [2.24, 2.45) is 0 Å². The number of pyridine rings is 1. The lowest BCUT2D eigenvalue weighted by molar-refractivity contribution is 0.261. The number of halogens is 1. The molecule has 134 valence electrons. The normalized spacial score (nSPS) is 18.2. The molecule has 1 saturated heterocycles. The van der Waals surface area contributed by atoms with Crippen molar-refractivity contribution in [2.75, 3.05) is 25.5 Å². The molecule has 0 amide bonds. The molecule has 3 heterocycles. The molecule has 1 N–H and O–H groups in total. The van der Waals surface area contributed by atoms with Gasteiger partial charge in [-0.2, -0.15) is 0 Å². The first kappa shape index (κ1) is 17.2. The van der Waals surface area contributed by atoms with E-state index in [0.717, 1.165) is 57.9 Å². The minimum absolute atomic E-state index is 0.384. The summed E-state index contributed by atoms with van der Waals surface area (Å²) in [7, 11) is 2.16. The van der Waals surface area contributed by atoms with Crippen LogP contribution in [0.15, 0.2) is 36.7 Å². The lowest BCUT2D eigenvalue weighted by Gasteiger charge is -2.30. The number of fused-ring (bicyclic) bond motifs is 1. The Bertz CT molecular complexity index is 943. The smallest absolute Gasteiger partial charge is 0.158 e. The minimum Gasteiger partial charge on any atom is -0.364 e. The van der Waals surface area contributed by atoms with E-state index in [1.54, 1.807) is 6.20 Å². The van der Waals surface area contributed by atoms with Crippen LogP contribution in [0, 0.1) is 6.92 Å². The predicted molar refractivity (Wildman–Crippen MR) is 107 cm³/mol. The molecule has 4 rings (SSSR count). The number of hydrogen-bond donors (Lipinski definition) is 1. The molecule has 2 aromatic heterocycles. The second-order valence-electron chi connectivity index (χ2n) is 7.02. The molecular weight excluding hydrogens is 346 g/mol. The summed E-state index contributed by atoms with van der Waals surface area (Å²) in [5.74, 6) is 0.809. The van der Waals surface area contributed by atoms with Crippen molar-refractivity contribution in [3.05, 3.63) is 47.2 Å². The Morgan fingerprint density at radius 2 is 2.08 bits per heavy atom. The van der Waals surface area contributed by atoms with Gasteiger partial charge in [0, 0.05) is 46.3 Å². The number of likely N-dealkylation sites (N-methyl/N-ethyl adjacent to an activating group) is 1. The summed E-state index contributed by atoms with van der Waals surface area (Å²) in [4.78, 5) is 6.66. The quantitative estimate of drug-likeness (QED) is 0.753. The van der Waals surface area contributed by atoms with Crippen molar-refractivity contribution in [2.45, 2.75) is 25.8 Å². The van der Waals surface area contributed by atoms with Gasteiger partial charge in [0.1, 0.15) is 5.69 Å². The Balaban J connectivity index is 1.76. The zero-order valence-electron chi connectivity index (χ0n) is 15.0. The van der Waals surface area contributed by atoms with E-state index in [0.29, 0.717) is 6.04 Å². The van der Waals surface area contributed by atoms with Crippen LogP contribution in [0.2, 0.25) is 5.02 Å². The fourth-order valence-corrected chi connectivity index (χ4v) is 3.90. The predicted octanol–water partition coefficient (Wildman–Crippen LogP) is 4.16. The molecule has 0 spiro atoms. The van der Waals surface area contributed by atoms with Crippen LogP contribution in [-0.2, 0) is 0 Å². The van der Waals surface area contributed by atoms with Crippen molar-refractivity contribution in [1.29, 1.82) is 0 Å². The maximum Gasteiger partial charge on any atom is 0.158 e. The minimum atomic E-state index is 0.384. The molecule has 1 aliphatic heterocycles. The van der Waals surface area contributed by atoms with Gasteiger partial charge in [-0.3, -0.25) is 4.98 Å². The van der Waals surface area contributed by atoms with Gasteiger partial charge in [0.25, 0.3) is 0 Å². The average molecular weight is 368 g/mol. The number of benzene rings is 1. The first-order valence-corrected chi connectivity index (χ1v) is 9.31. The molecule has 1 aromatic carbocycles. The number of hydrogen-bond acceptors (Lipinski definition) is 5. The van der Waals surface area contributed by atoms with Gasteiger partial charge in [0.2, 0.25) is 0 Å². The number of nitrogens with one attached hydrogen (secondary N) is 1. The molecule has 0 bridgehead atoms. The lowest BCUT2D eigenvalue weighted by atomic mass is 10.0. The molecule has 1 aliphatic rings. The highest BCUT2D eigenvalue weighted by Gasteiger charge is 2.19. The van der Waals surface area contributed by atoms with E-state index in [1.165, 1.54) is 6.42 Å². The third-order valence-electron chi connectivity index (χ3n) is 4.99. The zero-order chi connectivity index (χ0) is 18.1. The van der Waals surface area contributed by atoms with E-state index in [9.17, 15) is 0 Å². The van der Waals surface area contributed by atoms with Crippen molar-refractivity contribution < 1.29 is 0 Å². The summed E-state index contributed by atoms with van der Waals surface area (Å²) in [5.41, 5.74) is 2.99. The number of likely N-dealkylation sites (tertiary alicyclic amines) is 1. The molecule has 1 atom stereocenters. The monoisotopic (exact) mass is 367 g/mol. The van der Waals surface area contributed by atoms with Gasteiger partial charge in [0.15, 0.2) is 5.82 Å². The second-order valence-corrected chi connectivity index (χ2v) is 7.46. The Morgan fingerprint density at radius 3 is 2.88 bits per heavy atom. The summed E-state index contributed by atoms with van der Waals surface area (Å²) in [6.07, 6.45) is 6.01. The van der Waals surface area contributed by atoms with Crippen LogP contribution in [0.4, 0.5) is 5.82 Å². The molecular formula is C20H22ClN5. The first-order valence-electron chi connectivity index (χ1n) is 8.94. The summed E-state index contributed by atoms with van der Waals surface area (Å²) in [5, 5.41) is 15.4. The van der Waals surface area contributed by atoms with Crippen molar-refractivity contribution in [3.63, 3.8) is 0 Å². The highest BCUT2D eigenvalue weighted by atomic mass is 35.5. The SMILES string of the molecule is Cc1cc(Cl)ccc1-c1nnc(NC2CCCN(C)C2)c2cnccc12. The van der Waals surface area contributed by atoms with E-state index in [-0.39, 0.29) is 0 Å². The summed E-state index contributed by atoms with van der Waals surface area (Å²) < 4.78 is 0. The highest BCUT2D eigenvalue weighted by Crippen LogP contribution is 2.32. The van der Waals surface area contributed by atoms with Crippen LogP contribution < -0.4 is 5.32 Å². The molecule has 3 aromatic rings.